The fraction of sp³-hybridized carbons (Fsp3) is 0. The summed E-state index contributed by atoms with van der Waals surface area (Å²) >= 11 is 0. The molecule has 0 aliphatic rings. The van der Waals surface area contributed by atoms with Gasteiger partial charge in [-0.2, -0.15) is 0 Å². The van der Waals surface area contributed by atoms with Crippen molar-refractivity contribution in [1.29, 1.82) is 0 Å². The molecule has 2 N–H and O–H groups in total. The Bertz CT molecular complexity index is 167. The Balaban J connectivity index is 2.77. The van der Waals surface area contributed by atoms with E-state index in [-0.39, 0.29) is 0 Å². The van der Waals surface area contributed by atoms with Crippen LogP contribution >= 0.6 is 0 Å². The van der Waals surface area contributed by atoms with Crippen LogP contribution in [0, 0.1) is 0 Å². The van der Waals surface area contributed by atoms with Crippen LogP contribution < -0.4 is 5.73 Å². The number of hydrogen-bond donors (Lipinski definition) is 1. The smallest absolute Gasteiger partial charge is 0.219 e. The molecule has 0 aromatic carbocycles. The van der Waals surface area contributed by atoms with Crippen LogP contribution in [0.5, 0.6) is 0 Å². The lowest BCUT2D eigenvalue weighted by atomic mass is 10.6. The summed E-state index contributed by atoms with van der Waals surface area (Å²) < 4.78 is 4.80. The first-order chi connectivity index (χ1) is 3.93. The highest BCUT2D eigenvalue weighted by molar-refractivity contribution is 5.35. The molecule has 3 nitrogen and oxygen atoms in total. The molecule has 1 aromatic rings. The van der Waals surface area contributed by atoms with Gasteiger partial charge in [-0.3, -0.25) is 0 Å². The summed E-state index contributed by atoms with van der Waals surface area (Å²) in [6.45, 7) is 0. The number of aromatic nitrogens is 1. The molecule has 0 amide bonds. The Hall–Kier alpha value is -1.25. The molecule has 0 atom stereocenters. The standard InChI is InChI=1S/C5H6N2O/c6-2-1-5-7-3-4-8-5/h1-4H,6H2/b2-1+. The molecule has 0 spiro atoms. The molecule has 0 saturated carbocycles. The van der Waals surface area contributed by atoms with E-state index in [1.165, 1.54) is 12.5 Å². The van der Waals surface area contributed by atoms with Crippen LogP contribution in [0.3, 0.4) is 0 Å². The zero-order chi connectivity index (χ0) is 5.82. The molecule has 0 fully saturated rings. The number of nitrogens with two attached hydrogens (primary N) is 1. The first kappa shape index (κ1) is 4.90. The second-order valence-electron chi connectivity index (χ2n) is 1.23. The predicted octanol–water partition coefficient (Wildman–Crippen LogP) is 0.604. The summed E-state index contributed by atoms with van der Waals surface area (Å²) in [6, 6.07) is 0. The van der Waals surface area contributed by atoms with Crippen LogP contribution in [0.15, 0.2) is 23.1 Å². The molecule has 42 valence electrons. The van der Waals surface area contributed by atoms with Crippen molar-refractivity contribution in [3.8, 4) is 0 Å². The summed E-state index contributed by atoms with van der Waals surface area (Å²) in [5.41, 5.74) is 5.04. The van der Waals surface area contributed by atoms with E-state index in [9.17, 15) is 0 Å². The molecule has 8 heavy (non-hydrogen) atoms. The van der Waals surface area contributed by atoms with Gasteiger partial charge in [0.25, 0.3) is 0 Å². The van der Waals surface area contributed by atoms with E-state index in [1.54, 1.807) is 12.3 Å². The molecule has 3 heteroatoms. The first-order valence-corrected chi connectivity index (χ1v) is 2.21. The maximum absolute atomic E-state index is 5.04. The summed E-state index contributed by atoms with van der Waals surface area (Å²) in [5.74, 6) is 0.535. The third-order valence-corrected chi connectivity index (χ3v) is 0.690. The predicted molar refractivity (Wildman–Crippen MR) is 29.7 cm³/mol. The van der Waals surface area contributed by atoms with Crippen LogP contribution in [0.1, 0.15) is 5.89 Å². The van der Waals surface area contributed by atoms with Gasteiger partial charge in [0, 0.05) is 6.08 Å². The highest BCUT2D eigenvalue weighted by atomic mass is 16.3. The van der Waals surface area contributed by atoms with E-state index in [1.807, 2.05) is 0 Å². The summed E-state index contributed by atoms with van der Waals surface area (Å²) in [6.07, 6.45) is 6.02. The maximum Gasteiger partial charge on any atom is 0.219 e. The van der Waals surface area contributed by atoms with Crippen LogP contribution in [0.4, 0.5) is 0 Å². The number of nitrogens with zero attached hydrogens (tertiary/aromatic N) is 1. The SMILES string of the molecule is N/C=C/c1ncco1. The Morgan fingerprint density at radius 1 is 1.75 bits per heavy atom. The molecule has 0 unspecified atom stereocenters. The van der Waals surface area contributed by atoms with E-state index in [4.69, 9.17) is 10.2 Å². The minimum atomic E-state index is 0.535. The topological polar surface area (TPSA) is 52.0 Å². The van der Waals surface area contributed by atoms with Crippen molar-refractivity contribution in [3.63, 3.8) is 0 Å². The minimum absolute atomic E-state index is 0.535. The molecule has 1 aromatic heterocycles. The Morgan fingerprint density at radius 3 is 3.12 bits per heavy atom. The third-order valence-electron chi connectivity index (χ3n) is 0.690. The van der Waals surface area contributed by atoms with E-state index in [2.05, 4.69) is 4.98 Å². The lowest BCUT2D eigenvalue weighted by Crippen LogP contribution is -1.75. The maximum atomic E-state index is 5.04. The third kappa shape index (κ3) is 0.872. The van der Waals surface area contributed by atoms with Crippen molar-refractivity contribution >= 4 is 6.08 Å². The number of rotatable bonds is 1. The molecule has 0 radical (unpaired) electrons. The second-order valence-corrected chi connectivity index (χ2v) is 1.23. The zero-order valence-electron chi connectivity index (χ0n) is 4.24. The van der Waals surface area contributed by atoms with Gasteiger partial charge in [0.2, 0.25) is 5.89 Å². The van der Waals surface area contributed by atoms with Crippen molar-refractivity contribution < 1.29 is 4.42 Å². The summed E-state index contributed by atoms with van der Waals surface area (Å²) in [5, 5.41) is 0. The molecule has 1 heterocycles. The van der Waals surface area contributed by atoms with E-state index >= 15 is 0 Å². The monoisotopic (exact) mass is 110 g/mol. The molecular formula is C5H6N2O. The average Bonchev–Trinajstić information content (AvgIpc) is 2.19. The lowest BCUT2D eigenvalue weighted by Gasteiger charge is -1.74. The largest absolute Gasteiger partial charge is 0.445 e. The van der Waals surface area contributed by atoms with Gasteiger partial charge in [-0.1, -0.05) is 0 Å². The van der Waals surface area contributed by atoms with Gasteiger partial charge in [-0.15, -0.1) is 0 Å². The van der Waals surface area contributed by atoms with E-state index in [0.29, 0.717) is 5.89 Å². The van der Waals surface area contributed by atoms with Gasteiger partial charge < -0.3 is 10.2 Å². The molecular weight excluding hydrogens is 104 g/mol. The Labute approximate surface area is 46.8 Å². The number of hydrogen-bond acceptors (Lipinski definition) is 3. The minimum Gasteiger partial charge on any atom is -0.445 e. The van der Waals surface area contributed by atoms with E-state index in [0.717, 1.165) is 0 Å². The fourth-order valence-electron chi connectivity index (χ4n) is 0.399. The zero-order valence-corrected chi connectivity index (χ0v) is 4.24. The van der Waals surface area contributed by atoms with E-state index < -0.39 is 0 Å². The van der Waals surface area contributed by atoms with Crippen LogP contribution in [0.25, 0.3) is 6.08 Å². The molecule has 0 aliphatic carbocycles. The van der Waals surface area contributed by atoms with Crippen molar-refractivity contribution in [2.24, 2.45) is 5.73 Å². The Kier molecular flexibility index (Phi) is 1.32. The molecule has 0 bridgehead atoms. The molecule has 1 rings (SSSR count). The van der Waals surface area contributed by atoms with Crippen molar-refractivity contribution in [2.75, 3.05) is 0 Å². The highest BCUT2D eigenvalue weighted by Crippen LogP contribution is 1.93. The van der Waals surface area contributed by atoms with Crippen LogP contribution in [-0.4, -0.2) is 4.98 Å². The summed E-state index contributed by atoms with van der Waals surface area (Å²) in [7, 11) is 0. The van der Waals surface area contributed by atoms with Gasteiger partial charge in [-0.05, 0) is 6.20 Å². The van der Waals surface area contributed by atoms with Gasteiger partial charge in [0.15, 0.2) is 0 Å². The molecule has 0 aliphatic heterocycles. The normalized spacial score (nSPS) is 10.5. The molecule has 0 saturated heterocycles. The lowest BCUT2D eigenvalue weighted by molar-refractivity contribution is 0.546. The highest BCUT2D eigenvalue weighted by Gasteiger charge is 1.84. The van der Waals surface area contributed by atoms with Gasteiger partial charge in [-0.25, -0.2) is 4.98 Å². The quantitative estimate of drug-likeness (QED) is 0.576. The fourth-order valence-corrected chi connectivity index (χ4v) is 0.399. The van der Waals surface area contributed by atoms with Crippen molar-refractivity contribution in [3.05, 3.63) is 24.6 Å². The number of oxazole rings is 1. The van der Waals surface area contributed by atoms with Crippen molar-refractivity contribution in [1.82, 2.24) is 4.98 Å². The Morgan fingerprint density at radius 2 is 2.62 bits per heavy atom. The van der Waals surface area contributed by atoms with Crippen LogP contribution in [0.2, 0.25) is 0 Å². The van der Waals surface area contributed by atoms with Crippen molar-refractivity contribution in [2.45, 2.75) is 0 Å². The summed E-state index contributed by atoms with van der Waals surface area (Å²) in [4.78, 5) is 3.77. The van der Waals surface area contributed by atoms with Gasteiger partial charge >= 0.3 is 0 Å². The first-order valence-electron chi connectivity index (χ1n) is 2.21. The van der Waals surface area contributed by atoms with Crippen LogP contribution in [-0.2, 0) is 0 Å². The second kappa shape index (κ2) is 2.16. The van der Waals surface area contributed by atoms with Gasteiger partial charge in [0.05, 0.1) is 6.20 Å². The van der Waals surface area contributed by atoms with Gasteiger partial charge in [0.1, 0.15) is 6.26 Å². The average molecular weight is 110 g/mol.